The van der Waals surface area contributed by atoms with Crippen LogP contribution in [0.3, 0.4) is 0 Å². The zero-order valence-electron chi connectivity index (χ0n) is 17.6. The Balaban J connectivity index is 1.18. The van der Waals surface area contributed by atoms with Gasteiger partial charge >= 0.3 is 0 Å². The zero-order valence-corrected chi connectivity index (χ0v) is 17.6. The van der Waals surface area contributed by atoms with Crippen molar-refractivity contribution in [3.8, 4) is 22.6 Å². The number of hydrogen-bond donors (Lipinski definition) is 2. The molecule has 8 nitrogen and oxygen atoms in total. The second kappa shape index (κ2) is 9.15. The Labute approximate surface area is 185 Å². The van der Waals surface area contributed by atoms with Crippen LogP contribution in [0.5, 0.6) is 0 Å². The minimum atomic E-state index is -0.0763. The highest BCUT2D eigenvalue weighted by Crippen LogP contribution is 2.23. The van der Waals surface area contributed by atoms with Crippen molar-refractivity contribution in [1.29, 1.82) is 0 Å². The fraction of sp³-hybridized carbons (Fsp3) is 0.250. The number of nitrogens with zero attached hydrogens (tertiary/aromatic N) is 4. The predicted molar refractivity (Wildman–Crippen MR) is 120 cm³/mol. The van der Waals surface area contributed by atoms with Crippen molar-refractivity contribution in [1.82, 2.24) is 25.2 Å². The molecule has 0 radical (unpaired) electrons. The smallest absolute Gasteiger partial charge is 0.241 e. The highest BCUT2D eigenvalue weighted by atomic mass is 16.5. The van der Waals surface area contributed by atoms with Gasteiger partial charge in [-0.15, -0.1) is 0 Å². The van der Waals surface area contributed by atoms with E-state index < -0.39 is 0 Å². The molecule has 1 saturated heterocycles. The number of likely N-dealkylation sites (tertiary alicyclic amines) is 1. The van der Waals surface area contributed by atoms with E-state index in [0.29, 0.717) is 24.8 Å². The quantitative estimate of drug-likeness (QED) is 0.482. The Bertz CT molecular complexity index is 1150. The standard InChI is InChI=1S/C24H24N6O2/c31-24(26-20-10-8-17(9-11-20)21-12-13-25-28-21)19-7-4-14-30(15-19)16-22-27-23(29-32-22)18-5-2-1-3-6-18/h1-3,5-6,8-13,19H,4,7,14-16H2,(H,25,28)(H,26,31). The summed E-state index contributed by atoms with van der Waals surface area (Å²) in [5.41, 5.74) is 3.69. The van der Waals surface area contributed by atoms with Crippen LogP contribution in [0.15, 0.2) is 71.4 Å². The number of aromatic nitrogens is 4. The molecule has 32 heavy (non-hydrogen) atoms. The average Bonchev–Trinajstić information content (AvgIpc) is 3.53. The normalized spacial score (nSPS) is 16.7. The first kappa shape index (κ1) is 20.1. The molecule has 2 aromatic heterocycles. The molecule has 1 amide bonds. The van der Waals surface area contributed by atoms with Crippen LogP contribution < -0.4 is 5.32 Å². The molecule has 8 heteroatoms. The van der Waals surface area contributed by atoms with Gasteiger partial charge < -0.3 is 9.84 Å². The summed E-state index contributed by atoms with van der Waals surface area (Å²) in [6.45, 7) is 2.12. The molecule has 162 valence electrons. The van der Waals surface area contributed by atoms with Gasteiger partial charge in [-0.05, 0) is 43.1 Å². The minimum absolute atomic E-state index is 0.0412. The molecule has 4 aromatic rings. The Morgan fingerprint density at radius 2 is 1.94 bits per heavy atom. The van der Waals surface area contributed by atoms with Gasteiger partial charge in [0, 0.05) is 24.0 Å². The van der Waals surface area contributed by atoms with Crippen molar-refractivity contribution in [2.45, 2.75) is 19.4 Å². The van der Waals surface area contributed by atoms with Crippen molar-refractivity contribution in [3.05, 3.63) is 72.8 Å². The summed E-state index contributed by atoms with van der Waals surface area (Å²) >= 11 is 0. The monoisotopic (exact) mass is 428 g/mol. The summed E-state index contributed by atoms with van der Waals surface area (Å²) in [6, 6.07) is 19.4. The number of nitrogens with one attached hydrogen (secondary N) is 2. The number of carbonyl (C=O) groups excluding carboxylic acids is 1. The Morgan fingerprint density at radius 1 is 1.09 bits per heavy atom. The number of H-pyrrole nitrogens is 1. The fourth-order valence-electron chi connectivity index (χ4n) is 4.02. The maximum atomic E-state index is 12.9. The molecule has 0 spiro atoms. The van der Waals surface area contributed by atoms with Gasteiger partial charge in [0.1, 0.15) is 0 Å². The highest BCUT2D eigenvalue weighted by molar-refractivity contribution is 5.93. The summed E-state index contributed by atoms with van der Waals surface area (Å²) in [4.78, 5) is 19.6. The first-order valence-corrected chi connectivity index (χ1v) is 10.8. The van der Waals surface area contributed by atoms with Crippen LogP contribution in [0, 0.1) is 5.92 Å². The van der Waals surface area contributed by atoms with Crippen LogP contribution in [-0.4, -0.2) is 44.2 Å². The summed E-state index contributed by atoms with van der Waals surface area (Å²) in [7, 11) is 0. The third-order valence-corrected chi connectivity index (χ3v) is 5.70. The molecule has 0 aliphatic carbocycles. The van der Waals surface area contributed by atoms with Crippen LogP contribution in [0.25, 0.3) is 22.6 Å². The van der Waals surface area contributed by atoms with Gasteiger partial charge in [0.15, 0.2) is 0 Å². The number of rotatable bonds is 6. The van der Waals surface area contributed by atoms with Crippen LogP contribution in [0.4, 0.5) is 5.69 Å². The van der Waals surface area contributed by atoms with Crippen molar-refractivity contribution >= 4 is 11.6 Å². The number of amides is 1. The predicted octanol–water partition coefficient (Wildman–Crippen LogP) is 3.98. The van der Waals surface area contributed by atoms with Crippen LogP contribution in [0.1, 0.15) is 18.7 Å². The molecular weight excluding hydrogens is 404 g/mol. The summed E-state index contributed by atoms with van der Waals surface area (Å²) in [5, 5.41) is 14.1. The van der Waals surface area contributed by atoms with Crippen molar-refractivity contribution in [3.63, 3.8) is 0 Å². The maximum absolute atomic E-state index is 12.9. The minimum Gasteiger partial charge on any atom is -0.338 e. The molecular formula is C24H24N6O2. The van der Waals surface area contributed by atoms with E-state index in [4.69, 9.17) is 4.52 Å². The van der Waals surface area contributed by atoms with E-state index in [9.17, 15) is 4.79 Å². The van der Waals surface area contributed by atoms with E-state index in [2.05, 4.69) is 30.6 Å². The first-order chi connectivity index (χ1) is 15.7. The van der Waals surface area contributed by atoms with E-state index in [1.807, 2.05) is 60.7 Å². The first-order valence-electron chi connectivity index (χ1n) is 10.8. The molecule has 2 aromatic carbocycles. The number of aromatic amines is 1. The number of piperidine rings is 1. The van der Waals surface area contributed by atoms with Crippen molar-refractivity contribution < 1.29 is 9.32 Å². The molecule has 3 heterocycles. The Hall–Kier alpha value is -3.78. The van der Waals surface area contributed by atoms with Crippen molar-refractivity contribution in [2.75, 3.05) is 18.4 Å². The van der Waals surface area contributed by atoms with Gasteiger partial charge in [0.25, 0.3) is 0 Å². The van der Waals surface area contributed by atoms with Gasteiger partial charge in [0.05, 0.1) is 18.2 Å². The van der Waals surface area contributed by atoms with Gasteiger partial charge in [-0.1, -0.05) is 47.6 Å². The van der Waals surface area contributed by atoms with Crippen LogP contribution in [-0.2, 0) is 11.3 Å². The summed E-state index contributed by atoms with van der Waals surface area (Å²) < 4.78 is 5.44. The largest absolute Gasteiger partial charge is 0.338 e. The number of hydrogen-bond acceptors (Lipinski definition) is 6. The van der Waals surface area contributed by atoms with Gasteiger partial charge in [-0.2, -0.15) is 10.1 Å². The maximum Gasteiger partial charge on any atom is 0.241 e. The topological polar surface area (TPSA) is 99.9 Å². The lowest BCUT2D eigenvalue weighted by molar-refractivity contribution is -0.121. The molecule has 0 saturated carbocycles. The highest BCUT2D eigenvalue weighted by Gasteiger charge is 2.27. The molecule has 1 atom stereocenters. The molecule has 1 fully saturated rings. The van der Waals surface area contributed by atoms with E-state index in [-0.39, 0.29) is 11.8 Å². The van der Waals surface area contributed by atoms with E-state index in [0.717, 1.165) is 41.9 Å². The van der Waals surface area contributed by atoms with Crippen molar-refractivity contribution in [2.24, 2.45) is 5.92 Å². The molecule has 0 bridgehead atoms. The van der Waals surface area contributed by atoms with Crippen LogP contribution in [0.2, 0.25) is 0 Å². The third kappa shape index (κ3) is 4.60. The number of carbonyl (C=O) groups is 1. The molecule has 1 aliphatic heterocycles. The van der Waals surface area contributed by atoms with E-state index >= 15 is 0 Å². The number of benzene rings is 2. The Morgan fingerprint density at radius 3 is 2.72 bits per heavy atom. The lowest BCUT2D eigenvalue weighted by Gasteiger charge is -2.30. The molecule has 1 aliphatic rings. The molecule has 1 unspecified atom stereocenters. The summed E-state index contributed by atoms with van der Waals surface area (Å²) in [5.74, 6) is 1.12. The SMILES string of the molecule is O=C(Nc1ccc(-c2ccn[nH]2)cc1)C1CCCN(Cc2nc(-c3ccccc3)no2)C1. The fourth-order valence-corrected chi connectivity index (χ4v) is 4.02. The second-order valence-corrected chi connectivity index (χ2v) is 7.99. The average molecular weight is 428 g/mol. The lowest BCUT2D eigenvalue weighted by atomic mass is 9.97. The van der Waals surface area contributed by atoms with Gasteiger partial charge in [-0.3, -0.25) is 14.8 Å². The lowest BCUT2D eigenvalue weighted by Crippen LogP contribution is -2.40. The molecule has 5 rings (SSSR count). The zero-order chi connectivity index (χ0) is 21.8. The Kier molecular flexibility index (Phi) is 5.76. The van der Waals surface area contributed by atoms with Gasteiger partial charge in [-0.25, -0.2) is 0 Å². The summed E-state index contributed by atoms with van der Waals surface area (Å²) in [6.07, 6.45) is 3.54. The number of anilines is 1. The molecule has 2 N–H and O–H groups in total. The van der Waals surface area contributed by atoms with Crippen LogP contribution >= 0.6 is 0 Å². The third-order valence-electron chi connectivity index (χ3n) is 5.70. The second-order valence-electron chi connectivity index (χ2n) is 7.99. The van der Waals surface area contributed by atoms with E-state index in [1.165, 1.54) is 0 Å². The van der Waals surface area contributed by atoms with Gasteiger partial charge in [0.2, 0.25) is 17.6 Å². The van der Waals surface area contributed by atoms with E-state index in [1.54, 1.807) is 6.20 Å².